The van der Waals surface area contributed by atoms with Gasteiger partial charge in [-0.25, -0.2) is 9.78 Å². The standard InChI is InChI=1S/C17H19N3O3S2/c1-3-6-23-17(22)20-10-15(24-12(2)21)7-13(20)4-5-14-9-19-11-18-8-16(19)25-14/h3-5,8-9,11,13,15H,1,6-7,10H2,2H3/t13-,15+/m1/s1. The van der Waals surface area contributed by atoms with E-state index in [0.29, 0.717) is 6.54 Å². The first-order chi connectivity index (χ1) is 12.1. The molecular formula is C17H19N3O3S2. The lowest BCUT2D eigenvalue weighted by molar-refractivity contribution is -0.109. The Morgan fingerprint density at radius 3 is 3.12 bits per heavy atom. The summed E-state index contributed by atoms with van der Waals surface area (Å²) in [7, 11) is 0. The Bertz CT molecular complexity index is 783. The summed E-state index contributed by atoms with van der Waals surface area (Å²) in [5.74, 6) is 0. The van der Waals surface area contributed by atoms with Crippen molar-refractivity contribution in [3.8, 4) is 0 Å². The Morgan fingerprint density at radius 1 is 1.56 bits per heavy atom. The number of fused-ring (bicyclic) bond motifs is 1. The molecule has 0 spiro atoms. The molecule has 2 aromatic heterocycles. The molecule has 132 valence electrons. The smallest absolute Gasteiger partial charge is 0.410 e. The third-order valence-corrected chi connectivity index (χ3v) is 5.81. The van der Waals surface area contributed by atoms with Crippen LogP contribution >= 0.6 is 23.1 Å². The summed E-state index contributed by atoms with van der Waals surface area (Å²) in [5, 5.41) is 0.154. The van der Waals surface area contributed by atoms with Gasteiger partial charge >= 0.3 is 6.09 Å². The van der Waals surface area contributed by atoms with Gasteiger partial charge in [0.15, 0.2) is 5.12 Å². The van der Waals surface area contributed by atoms with Crippen LogP contribution in [0, 0.1) is 0 Å². The zero-order chi connectivity index (χ0) is 17.8. The fourth-order valence-corrected chi connectivity index (χ4v) is 4.66. The molecular weight excluding hydrogens is 358 g/mol. The van der Waals surface area contributed by atoms with Crippen molar-refractivity contribution in [1.82, 2.24) is 14.3 Å². The van der Waals surface area contributed by atoms with Gasteiger partial charge < -0.3 is 9.64 Å². The molecule has 0 unspecified atom stereocenters. The summed E-state index contributed by atoms with van der Waals surface area (Å²) < 4.78 is 7.14. The van der Waals surface area contributed by atoms with Crippen molar-refractivity contribution in [2.45, 2.75) is 24.6 Å². The molecule has 1 amide bonds. The Morgan fingerprint density at radius 2 is 2.40 bits per heavy atom. The Labute approximate surface area is 154 Å². The van der Waals surface area contributed by atoms with Crippen LogP contribution in [-0.2, 0) is 9.53 Å². The Kier molecular flexibility index (Phi) is 5.60. The highest BCUT2D eigenvalue weighted by Gasteiger charge is 2.35. The molecule has 6 nitrogen and oxygen atoms in total. The first-order valence-electron chi connectivity index (χ1n) is 7.88. The zero-order valence-corrected chi connectivity index (χ0v) is 15.5. The van der Waals surface area contributed by atoms with E-state index in [1.165, 1.54) is 11.8 Å². The van der Waals surface area contributed by atoms with E-state index in [4.69, 9.17) is 4.74 Å². The molecule has 3 rings (SSSR count). The van der Waals surface area contributed by atoms with E-state index in [2.05, 4.69) is 11.6 Å². The van der Waals surface area contributed by atoms with Gasteiger partial charge in [-0.1, -0.05) is 30.5 Å². The predicted molar refractivity (Wildman–Crippen MR) is 101 cm³/mol. The van der Waals surface area contributed by atoms with Gasteiger partial charge in [-0.15, -0.1) is 11.3 Å². The van der Waals surface area contributed by atoms with Crippen LogP contribution in [0.25, 0.3) is 10.9 Å². The van der Waals surface area contributed by atoms with E-state index in [0.717, 1.165) is 16.1 Å². The highest BCUT2D eigenvalue weighted by Crippen LogP contribution is 2.30. The number of hydrogen-bond donors (Lipinski definition) is 0. The summed E-state index contributed by atoms with van der Waals surface area (Å²) in [5.41, 5.74) is 0. The molecule has 0 N–H and O–H groups in total. The third kappa shape index (κ3) is 4.32. The third-order valence-electron chi connectivity index (χ3n) is 3.80. The molecule has 0 bridgehead atoms. The van der Waals surface area contributed by atoms with Crippen molar-refractivity contribution in [3.63, 3.8) is 0 Å². The summed E-state index contributed by atoms with van der Waals surface area (Å²) in [6, 6.07) is -0.0891. The van der Waals surface area contributed by atoms with Crippen LogP contribution in [0.4, 0.5) is 4.79 Å². The van der Waals surface area contributed by atoms with Crippen molar-refractivity contribution in [1.29, 1.82) is 0 Å². The molecule has 1 saturated heterocycles. The highest BCUT2D eigenvalue weighted by atomic mass is 32.2. The molecule has 2 atom stereocenters. The monoisotopic (exact) mass is 377 g/mol. The molecule has 25 heavy (non-hydrogen) atoms. The van der Waals surface area contributed by atoms with E-state index in [9.17, 15) is 9.59 Å². The number of imidazole rings is 1. The van der Waals surface area contributed by atoms with Crippen LogP contribution in [0.5, 0.6) is 0 Å². The van der Waals surface area contributed by atoms with Crippen LogP contribution < -0.4 is 0 Å². The molecule has 0 radical (unpaired) electrons. The maximum atomic E-state index is 12.3. The average molecular weight is 377 g/mol. The fraction of sp³-hybridized carbons (Fsp3) is 0.353. The van der Waals surface area contributed by atoms with Gasteiger partial charge in [-0.3, -0.25) is 9.20 Å². The molecule has 1 aliphatic rings. The minimum atomic E-state index is -0.371. The van der Waals surface area contributed by atoms with Gasteiger partial charge in [0.25, 0.3) is 0 Å². The molecule has 2 aromatic rings. The molecule has 0 saturated carbocycles. The van der Waals surface area contributed by atoms with Crippen molar-refractivity contribution in [2.24, 2.45) is 0 Å². The van der Waals surface area contributed by atoms with Gasteiger partial charge in [0, 0.05) is 29.8 Å². The summed E-state index contributed by atoms with van der Waals surface area (Å²) in [6.45, 7) is 5.80. The number of likely N-dealkylation sites (tertiary alicyclic amines) is 1. The second-order valence-corrected chi connectivity index (χ2v) is 8.26. The quantitative estimate of drug-likeness (QED) is 0.747. The molecule has 1 fully saturated rings. The Balaban J connectivity index is 1.73. The number of carbonyl (C=O) groups is 2. The van der Waals surface area contributed by atoms with Gasteiger partial charge in [0.1, 0.15) is 11.4 Å². The predicted octanol–water partition coefficient (Wildman–Crippen LogP) is 3.45. The second-order valence-electron chi connectivity index (χ2n) is 5.68. The fourth-order valence-electron chi connectivity index (χ4n) is 2.79. The number of aromatic nitrogens is 2. The molecule has 8 heteroatoms. The lowest BCUT2D eigenvalue weighted by Crippen LogP contribution is -2.35. The first kappa shape index (κ1) is 17.8. The van der Waals surface area contributed by atoms with Crippen molar-refractivity contribution >= 4 is 45.2 Å². The number of nitrogens with zero attached hydrogens (tertiary/aromatic N) is 3. The van der Waals surface area contributed by atoms with Crippen molar-refractivity contribution < 1.29 is 14.3 Å². The van der Waals surface area contributed by atoms with Crippen LogP contribution in [0.3, 0.4) is 0 Å². The molecule has 3 heterocycles. The van der Waals surface area contributed by atoms with Crippen LogP contribution in [0.2, 0.25) is 0 Å². The minimum absolute atomic E-state index is 0.0648. The van der Waals surface area contributed by atoms with Gasteiger partial charge in [0.2, 0.25) is 0 Å². The van der Waals surface area contributed by atoms with E-state index in [1.807, 2.05) is 28.9 Å². The molecule has 0 aliphatic carbocycles. The van der Waals surface area contributed by atoms with Gasteiger partial charge in [-0.05, 0) is 12.5 Å². The number of thiazole rings is 1. The summed E-state index contributed by atoms with van der Waals surface area (Å²) in [6.07, 6.45) is 11.5. The van der Waals surface area contributed by atoms with Crippen LogP contribution in [0.1, 0.15) is 18.2 Å². The lowest BCUT2D eigenvalue weighted by Gasteiger charge is -2.21. The van der Waals surface area contributed by atoms with Crippen molar-refractivity contribution in [3.05, 3.63) is 42.3 Å². The normalized spacial score (nSPS) is 20.4. The average Bonchev–Trinajstić information content (AvgIpc) is 3.24. The Hall–Kier alpha value is -2.06. The van der Waals surface area contributed by atoms with Crippen molar-refractivity contribution in [2.75, 3.05) is 13.2 Å². The van der Waals surface area contributed by atoms with Crippen LogP contribution in [-0.4, -0.2) is 49.9 Å². The minimum Gasteiger partial charge on any atom is -0.445 e. The van der Waals surface area contributed by atoms with Gasteiger partial charge in [-0.2, -0.15) is 0 Å². The van der Waals surface area contributed by atoms with E-state index < -0.39 is 0 Å². The van der Waals surface area contributed by atoms with E-state index >= 15 is 0 Å². The number of amides is 1. The van der Waals surface area contributed by atoms with Crippen LogP contribution in [0.15, 0.2) is 37.5 Å². The number of hydrogen-bond acceptors (Lipinski definition) is 6. The number of carbonyl (C=O) groups excluding carboxylic acids is 2. The molecule has 1 aliphatic heterocycles. The summed E-state index contributed by atoms with van der Waals surface area (Å²) >= 11 is 2.91. The summed E-state index contributed by atoms with van der Waals surface area (Å²) in [4.78, 5) is 31.6. The topological polar surface area (TPSA) is 63.9 Å². The second kappa shape index (κ2) is 7.88. The largest absolute Gasteiger partial charge is 0.445 e. The number of rotatable bonds is 5. The number of thioether (sulfide) groups is 1. The first-order valence-corrected chi connectivity index (χ1v) is 9.57. The zero-order valence-electron chi connectivity index (χ0n) is 13.8. The highest BCUT2D eigenvalue weighted by molar-refractivity contribution is 8.14. The SMILES string of the molecule is C=CCOC(=O)N1C[C@@H](SC(C)=O)C[C@H]1C=Cc1cn2cncc2s1. The maximum Gasteiger partial charge on any atom is 0.410 e. The molecule has 0 aromatic carbocycles. The van der Waals surface area contributed by atoms with E-state index in [-0.39, 0.29) is 29.1 Å². The number of ether oxygens (including phenoxy) is 1. The lowest BCUT2D eigenvalue weighted by atomic mass is 10.2. The maximum absolute atomic E-state index is 12.3. The van der Waals surface area contributed by atoms with Gasteiger partial charge in [0.05, 0.1) is 18.6 Å². The van der Waals surface area contributed by atoms with E-state index in [1.54, 1.807) is 35.6 Å².